The number of H-pyrrole nitrogens is 1. The second-order valence-electron chi connectivity index (χ2n) is 1.88. The van der Waals surface area contributed by atoms with Gasteiger partial charge in [0.1, 0.15) is 0 Å². The van der Waals surface area contributed by atoms with Crippen LogP contribution in [0.2, 0.25) is 0 Å². The first kappa shape index (κ1) is 7.71. The van der Waals surface area contributed by atoms with Crippen molar-refractivity contribution in [3.63, 3.8) is 0 Å². The molecule has 1 aromatic heterocycles. The average molecular weight is 250 g/mol. The molecule has 0 saturated carbocycles. The molecule has 0 aliphatic heterocycles. The highest BCUT2D eigenvalue weighted by atomic mass is 127. The summed E-state index contributed by atoms with van der Waals surface area (Å²) in [6.45, 7) is 1.93. The minimum Gasteiger partial charge on any atom is -0.302 e. The number of aromatic amines is 1. The lowest BCUT2D eigenvalue weighted by atomic mass is 10.3. The third-order valence-corrected chi connectivity index (χ3v) is 1.77. The van der Waals surface area contributed by atoms with Crippen LogP contribution >= 0.6 is 22.6 Å². The fourth-order valence-corrected chi connectivity index (χ4v) is 1.04. The number of halogens is 1. The zero-order valence-electron chi connectivity index (χ0n) is 5.52. The molecule has 0 aliphatic rings. The van der Waals surface area contributed by atoms with E-state index < -0.39 is 0 Å². The number of rotatable bonds is 1. The van der Waals surface area contributed by atoms with Crippen molar-refractivity contribution in [2.45, 2.75) is 13.3 Å². The Labute approximate surface area is 72.0 Å². The molecule has 0 unspecified atom stereocenters. The first-order valence-corrected chi connectivity index (χ1v) is 4.05. The summed E-state index contributed by atoms with van der Waals surface area (Å²) in [7, 11) is 0. The molecule has 0 atom stereocenters. The van der Waals surface area contributed by atoms with Crippen LogP contribution in [0.15, 0.2) is 11.0 Å². The van der Waals surface area contributed by atoms with Crippen LogP contribution in [0.4, 0.5) is 0 Å². The summed E-state index contributed by atoms with van der Waals surface area (Å²) in [5.74, 6) is 0. The standard InChI is InChI=1S/C6H7IN2O/c1-2-4-3-8-6(7)9-5(4)10/h3H,2H2,1H3,(H,8,9,10). The van der Waals surface area contributed by atoms with Gasteiger partial charge in [0, 0.05) is 11.8 Å². The summed E-state index contributed by atoms with van der Waals surface area (Å²) in [6.07, 6.45) is 2.35. The van der Waals surface area contributed by atoms with Gasteiger partial charge in [-0.25, -0.2) is 4.98 Å². The minimum atomic E-state index is -0.0260. The topological polar surface area (TPSA) is 45.8 Å². The fraction of sp³-hybridized carbons (Fsp3) is 0.333. The second-order valence-corrected chi connectivity index (χ2v) is 2.90. The third-order valence-electron chi connectivity index (χ3n) is 1.22. The predicted molar refractivity (Wildman–Crippen MR) is 47.0 cm³/mol. The summed E-state index contributed by atoms with van der Waals surface area (Å²) in [5.41, 5.74) is 0.710. The highest BCUT2D eigenvalue weighted by Gasteiger charge is 1.95. The Balaban J connectivity index is 3.20. The van der Waals surface area contributed by atoms with Crippen LogP contribution in [0.25, 0.3) is 0 Å². The molecule has 0 spiro atoms. The number of hydrogen-bond acceptors (Lipinski definition) is 2. The van der Waals surface area contributed by atoms with Crippen molar-refractivity contribution < 1.29 is 0 Å². The maximum Gasteiger partial charge on any atom is 0.254 e. The molecule has 1 N–H and O–H groups in total. The summed E-state index contributed by atoms with van der Waals surface area (Å²) >= 11 is 1.97. The van der Waals surface area contributed by atoms with Gasteiger partial charge in [-0.2, -0.15) is 0 Å². The first-order valence-electron chi connectivity index (χ1n) is 2.97. The predicted octanol–water partition coefficient (Wildman–Crippen LogP) is 0.937. The molecule has 4 heteroatoms. The number of aromatic nitrogens is 2. The molecule has 1 rings (SSSR count). The summed E-state index contributed by atoms with van der Waals surface area (Å²) in [4.78, 5) is 17.5. The lowest BCUT2D eigenvalue weighted by molar-refractivity contribution is 0.975. The lowest BCUT2D eigenvalue weighted by Gasteiger charge is -1.92. The first-order chi connectivity index (χ1) is 4.74. The molecular weight excluding hydrogens is 243 g/mol. The zero-order valence-corrected chi connectivity index (χ0v) is 7.68. The Hall–Kier alpha value is -0.390. The smallest absolute Gasteiger partial charge is 0.254 e. The summed E-state index contributed by atoms with van der Waals surface area (Å²) in [6, 6.07) is 0. The molecule has 0 aliphatic carbocycles. The number of hydrogen-bond donors (Lipinski definition) is 1. The maximum atomic E-state index is 11.0. The van der Waals surface area contributed by atoms with Crippen LogP contribution in [0, 0.1) is 3.83 Å². The molecule has 10 heavy (non-hydrogen) atoms. The van der Waals surface area contributed by atoms with E-state index in [0.717, 1.165) is 12.0 Å². The van der Waals surface area contributed by atoms with Gasteiger partial charge in [-0.1, -0.05) is 6.92 Å². The van der Waals surface area contributed by atoms with Gasteiger partial charge in [0.25, 0.3) is 5.56 Å². The van der Waals surface area contributed by atoms with Crippen LogP contribution in [0.3, 0.4) is 0 Å². The molecule has 0 fully saturated rings. The van der Waals surface area contributed by atoms with Crippen molar-refractivity contribution in [2.24, 2.45) is 0 Å². The monoisotopic (exact) mass is 250 g/mol. The maximum absolute atomic E-state index is 11.0. The number of aryl methyl sites for hydroxylation is 1. The Morgan fingerprint density at radius 3 is 3.00 bits per heavy atom. The van der Waals surface area contributed by atoms with Crippen LogP contribution < -0.4 is 5.56 Å². The molecule has 54 valence electrons. The van der Waals surface area contributed by atoms with Crippen LogP contribution in [0.1, 0.15) is 12.5 Å². The van der Waals surface area contributed by atoms with Crippen molar-refractivity contribution in [3.8, 4) is 0 Å². The average Bonchev–Trinajstić information content (AvgIpc) is 1.88. The van der Waals surface area contributed by atoms with E-state index in [1.807, 2.05) is 29.5 Å². The Morgan fingerprint density at radius 1 is 1.80 bits per heavy atom. The molecule has 0 bridgehead atoms. The minimum absolute atomic E-state index is 0.0260. The Bertz CT molecular complexity index is 281. The van der Waals surface area contributed by atoms with E-state index in [1.54, 1.807) is 6.20 Å². The highest BCUT2D eigenvalue weighted by Crippen LogP contribution is 1.92. The van der Waals surface area contributed by atoms with E-state index in [2.05, 4.69) is 9.97 Å². The molecule has 0 amide bonds. The molecular formula is C6H7IN2O. The van der Waals surface area contributed by atoms with Crippen molar-refractivity contribution in [3.05, 3.63) is 25.9 Å². The van der Waals surface area contributed by atoms with Crippen molar-refractivity contribution >= 4 is 22.6 Å². The van der Waals surface area contributed by atoms with Gasteiger partial charge in [-0.05, 0) is 29.0 Å². The zero-order chi connectivity index (χ0) is 7.56. The molecule has 0 saturated heterocycles. The highest BCUT2D eigenvalue weighted by molar-refractivity contribution is 14.1. The Kier molecular flexibility index (Phi) is 2.42. The van der Waals surface area contributed by atoms with Gasteiger partial charge >= 0.3 is 0 Å². The molecule has 0 aromatic carbocycles. The van der Waals surface area contributed by atoms with E-state index in [4.69, 9.17) is 0 Å². The van der Waals surface area contributed by atoms with Crippen LogP contribution in [-0.4, -0.2) is 9.97 Å². The van der Waals surface area contributed by atoms with Crippen molar-refractivity contribution in [2.75, 3.05) is 0 Å². The molecule has 0 radical (unpaired) electrons. The number of nitrogens with one attached hydrogen (secondary N) is 1. The van der Waals surface area contributed by atoms with Gasteiger partial charge in [0.05, 0.1) is 0 Å². The van der Waals surface area contributed by atoms with Gasteiger partial charge < -0.3 is 4.98 Å². The van der Waals surface area contributed by atoms with E-state index in [-0.39, 0.29) is 5.56 Å². The number of nitrogens with zero attached hydrogens (tertiary/aromatic N) is 1. The van der Waals surface area contributed by atoms with Crippen LogP contribution in [-0.2, 0) is 6.42 Å². The van der Waals surface area contributed by atoms with Gasteiger partial charge in [-0.15, -0.1) is 0 Å². The summed E-state index contributed by atoms with van der Waals surface area (Å²) in [5, 5.41) is 0. The van der Waals surface area contributed by atoms with E-state index in [0.29, 0.717) is 3.83 Å². The summed E-state index contributed by atoms with van der Waals surface area (Å²) < 4.78 is 0.639. The van der Waals surface area contributed by atoms with Crippen molar-refractivity contribution in [1.29, 1.82) is 0 Å². The largest absolute Gasteiger partial charge is 0.302 e. The van der Waals surface area contributed by atoms with Gasteiger partial charge in [-0.3, -0.25) is 4.79 Å². The third kappa shape index (κ3) is 1.56. The lowest BCUT2D eigenvalue weighted by Crippen LogP contribution is -2.13. The Morgan fingerprint density at radius 2 is 2.50 bits per heavy atom. The molecule has 1 aromatic rings. The second kappa shape index (κ2) is 3.14. The molecule has 3 nitrogen and oxygen atoms in total. The van der Waals surface area contributed by atoms with Crippen molar-refractivity contribution in [1.82, 2.24) is 9.97 Å². The fourth-order valence-electron chi connectivity index (χ4n) is 0.651. The van der Waals surface area contributed by atoms with Gasteiger partial charge in [0.2, 0.25) is 0 Å². The quantitative estimate of drug-likeness (QED) is 0.595. The van der Waals surface area contributed by atoms with E-state index in [9.17, 15) is 4.79 Å². The van der Waals surface area contributed by atoms with Crippen LogP contribution in [0.5, 0.6) is 0 Å². The molecule has 1 heterocycles. The van der Waals surface area contributed by atoms with E-state index in [1.165, 1.54) is 0 Å². The SMILES string of the molecule is CCc1cnc(I)[nH]c1=O. The normalized spacial score (nSPS) is 9.80. The van der Waals surface area contributed by atoms with E-state index >= 15 is 0 Å². The van der Waals surface area contributed by atoms with Gasteiger partial charge in [0.15, 0.2) is 3.83 Å².